The number of aliphatic hydroxyl groups excluding tert-OH is 4. The lowest BCUT2D eigenvalue weighted by atomic mass is 9.74. The third kappa shape index (κ3) is 6.09. The van der Waals surface area contributed by atoms with Crippen molar-refractivity contribution in [1.29, 1.82) is 0 Å². The van der Waals surface area contributed by atoms with Gasteiger partial charge in [0.1, 0.15) is 60.6 Å². The fraction of sp³-hybridized carbons (Fsp3) is 0.562. The van der Waals surface area contributed by atoms with Gasteiger partial charge in [0.25, 0.3) is 0 Å². The molecule has 1 saturated carbocycles. The van der Waals surface area contributed by atoms with Gasteiger partial charge in [-0.15, -0.1) is 0 Å². The Morgan fingerprint density at radius 1 is 1.04 bits per heavy atom. The Labute approximate surface area is 275 Å². The second kappa shape index (κ2) is 13.5. The summed E-state index contributed by atoms with van der Waals surface area (Å²) in [5.74, 6) is -0.793. The molecule has 0 amide bonds. The Kier molecular flexibility index (Phi) is 9.59. The minimum atomic E-state index is -1.84. The van der Waals surface area contributed by atoms with Gasteiger partial charge in [-0.2, -0.15) is 0 Å². The molecule has 0 radical (unpaired) electrons. The average Bonchev–Trinajstić information content (AvgIpc) is 3.68. The number of methoxy groups -OCH3 is 1. The van der Waals surface area contributed by atoms with Crippen molar-refractivity contribution in [2.45, 2.75) is 92.7 Å². The van der Waals surface area contributed by atoms with E-state index < -0.39 is 73.0 Å². The van der Waals surface area contributed by atoms with E-state index in [4.69, 9.17) is 49.7 Å². The molecule has 2 aromatic carbocycles. The zero-order chi connectivity index (χ0) is 34.3. The summed E-state index contributed by atoms with van der Waals surface area (Å²) in [5, 5.41) is 50.4. The van der Waals surface area contributed by atoms with Gasteiger partial charge in [-0.05, 0) is 43.9 Å². The van der Waals surface area contributed by atoms with Crippen molar-refractivity contribution < 1.29 is 68.3 Å². The molecule has 16 heteroatoms. The van der Waals surface area contributed by atoms with E-state index in [1.54, 1.807) is 18.2 Å². The molecule has 8 atom stereocenters. The van der Waals surface area contributed by atoms with E-state index in [9.17, 15) is 30.0 Å². The number of aliphatic hydroxyl groups is 4. The molecule has 3 aliphatic heterocycles. The highest BCUT2D eigenvalue weighted by Crippen LogP contribution is 2.64. The molecule has 6 rings (SSSR count). The van der Waals surface area contributed by atoms with Gasteiger partial charge in [0.2, 0.25) is 12.0 Å². The number of esters is 1. The molecule has 16 nitrogen and oxygen atoms in total. The van der Waals surface area contributed by atoms with Crippen LogP contribution in [0.2, 0.25) is 0 Å². The highest BCUT2D eigenvalue weighted by Gasteiger charge is 2.57. The van der Waals surface area contributed by atoms with Crippen molar-refractivity contribution in [1.82, 2.24) is 0 Å². The summed E-state index contributed by atoms with van der Waals surface area (Å²) >= 11 is 0. The summed E-state index contributed by atoms with van der Waals surface area (Å²) in [7, 11) is 1.53. The lowest BCUT2D eigenvalue weighted by Gasteiger charge is -2.44. The number of hydrogen-bond acceptors (Lipinski definition) is 15. The molecule has 0 aromatic heterocycles. The predicted molar refractivity (Wildman–Crippen MR) is 162 cm³/mol. The fourth-order valence-electron chi connectivity index (χ4n) is 7.17. The summed E-state index contributed by atoms with van der Waals surface area (Å²) in [6.07, 6.45) is -9.72. The van der Waals surface area contributed by atoms with Crippen molar-refractivity contribution in [2.24, 2.45) is 11.5 Å². The van der Waals surface area contributed by atoms with E-state index in [1.807, 2.05) is 12.1 Å². The van der Waals surface area contributed by atoms with Crippen LogP contribution in [-0.4, -0.2) is 106 Å². The van der Waals surface area contributed by atoms with E-state index >= 15 is 0 Å². The normalized spacial score (nSPS) is 28.8. The molecular formula is C32H40N2O14. The van der Waals surface area contributed by atoms with E-state index in [2.05, 4.69) is 0 Å². The maximum atomic E-state index is 12.1. The van der Waals surface area contributed by atoms with Gasteiger partial charge in [0, 0.05) is 17.2 Å². The first-order valence-electron chi connectivity index (χ1n) is 15.7. The smallest absolute Gasteiger partial charge is 0.317 e. The van der Waals surface area contributed by atoms with Crippen LogP contribution in [0.15, 0.2) is 30.3 Å². The van der Waals surface area contributed by atoms with Gasteiger partial charge in [-0.1, -0.05) is 6.07 Å². The van der Waals surface area contributed by atoms with E-state index in [-0.39, 0.29) is 24.9 Å². The van der Waals surface area contributed by atoms with Crippen LogP contribution in [0.3, 0.4) is 0 Å². The van der Waals surface area contributed by atoms with Gasteiger partial charge in [0.05, 0.1) is 25.8 Å². The van der Waals surface area contributed by atoms with Crippen LogP contribution in [0, 0.1) is 0 Å². The van der Waals surface area contributed by atoms with Crippen LogP contribution < -0.4 is 35.2 Å². The van der Waals surface area contributed by atoms with Crippen molar-refractivity contribution in [3.63, 3.8) is 0 Å². The monoisotopic (exact) mass is 676 g/mol. The number of carboxylic acids is 1. The van der Waals surface area contributed by atoms with Gasteiger partial charge in [0.15, 0.2) is 17.6 Å². The molecule has 1 saturated heterocycles. The highest BCUT2D eigenvalue weighted by molar-refractivity contribution is 5.90. The molecule has 2 aromatic rings. The zero-order valence-corrected chi connectivity index (χ0v) is 26.1. The van der Waals surface area contributed by atoms with Crippen LogP contribution in [0.5, 0.6) is 28.7 Å². The van der Waals surface area contributed by atoms with Gasteiger partial charge >= 0.3 is 11.9 Å². The Morgan fingerprint density at radius 3 is 2.44 bits per heavy atom. The first kappa shape index (κ1) is 34.0. The summed E-state index contributed by atoms with van der Waals surface area (Å²) in [6.45, 7) is -0.140. The van der Waals surface area contributed by atoms with Crippen LogP contribution in [-0.2, 0) is 19.1 Å². The van der Waals surface area contributed by atoms with Gasteiger partial charge in [-0.25, -0.2) is 0 Å². The average molecular weight is 677 g/mol. The van der Waals surface area contributed by atoms with E-state index in [1.165, 1.54) is 7.11 Å². The standard InChI is InChI=1S/C32H40N2O14/c1-42-17-7-6-16-21-25(46-26(16)27(17)43-11-10-35)15-5-4-14(12-18(15)48-32(21)8-2-3-9-32)44-31-24(41)22(39)23(40)28(47-31)29(30(33)34)45-20(38)13-19(36)37/h4-7,12,21-25,28-31,35,39-41H,2-3,8-11,13,33-34H2,1H3,(H,36,37)/t21-,22-,23-,24+,25-,28-,29-,31+/m0/s1. The third-order valence-electron chi connectivity index (χ3n) is 9.29. The lowest BCUT2D eigenvalue weighted by molar-refractivity contribution is -0.291. The molecule has 48 heavy (non-hydrogen) atoms. The van der Waals surface area contributed by atoms with Gasteiger partial charge in [-0.3, -0.25) is 9.59 Å². The molecule has 0 unspecified atom stereocenters. The Hall–Kier alpha value is -3.90. The molecular weight excluding hydrogens is 636 g/mol. The SMILES string of the molecule is COc1ccc2c(c1OCCO)O[C@H]1c3ccc(O[C@@H]4O[C@H]([C@H](OC(=O)CC(=O)O)C(N)N)[C@@H](O)[C@H](O)[C@H]4O)cc3OC3(CCCC3)[C@@H]21. The lowest BCUT2D eigenvalue weighted by Crippen LogP contribution is -2.66. The summed E-state index contributed by atoms with van der Waals surface area (Å²) in [5.41, 5.74) is 12.6. The maximum absolute atomic E-state index is 12.1. The predicted octanol–water partition coefficient (Wildman–Crippen LogP) is -0.195. The molecule has 1 aliphatic carbocycles. The molecule has 3 heterocycles. The first-order chi connectivity index (χ1) is 23.0. The number of ether oxygens (including phenoxy) is 7. The van der Waals surface area contributed by atoms with Crippen LogP contribution >= 0.6 is 0 Å². The molecule has 262 valence electrons. The molecule has 1 spiro atoms. The number of aliphatic carboxylic acids is 1. The van der Waals surface area contributed by atoms with Crippen molar-refractivity contribution in [3.05, 3.63) is 41.5 Å². The minimum absolute atomic E-state index is 0.0504. The summed E-state index contributed by atoms with van der Waals surface area (Å²) in [6, 6.07) is 8.74. The van der Waals surface area contributed by atoms with E-state index in [0.29, 0.717) is 23.0 Å². The highest BCUT2D eigenvalue weighted by atomic mass is 16.7. The van der Waals surface area contributed by atoms with Crippen LogP contribution in [0.25, 0.3) is 0 Å². The van der Waals surface area contributed by atoms with Crippen LogP contribution in [0.4, 0.5) is 0 Å². The third-order valence-corrected chi connectivity index (χ3v) is 9.29. The van der Waals surface area contributed by atoms with Crippen LogP contribution in [0.1, 0.15) is 55.3 Å². The maximum Gasteiger partial charge on any atom is 0.317 e. The van der Waals surface area contributed by atoms with Crippen molar-refractivity contribution in [2.75, 3.05) is 20.3 Å². The second-order valence-corrected chi connectivity index (χ2v) is 12.3. The zero-order valence-electron chi connectivity index (χ0n) is 26.1. The Bertz CT molecular complexity index is 1510. The number of carbonyl (C=O) groups excluding carboxylic acids is 1. The Balaban J connectivity index is 1.28. The number of fused-ring (bicyclic) bond motifs is 6. The first-order valence-corrected chi connectivity index (χ1v) is 15.7. The second-order valence-electron chi connectivity index (χ2n) is 12.3. The summed E-state index contributed by atoms with van der Waals surface area (Å²) < 4.78 is 41.6. The summed E-state index contributed by atoms with van der Waals surface area (Å²) in [4.78, 5) is 23.0. The number of benzene rings is 2. The van der Waals surface area contributed by atoms with Crippen molar-refractivity contribution in [3.8, 4) is 28.7 Å². The topological polar surface area (TPSA) is 252 Å². The number of nitrogens with two attached hydrogens (primary N) is 2. The van der Waals surface area contributed by atoms with Crippen molar-refractivity contribution >= 4 is 11.9 Å². The molecule has 2 fully saturated rings. The number of carbonyl (C=O) groups is 2. The quantitative estimate of drug-likeness (QED) is 0.0925. The number of rotatable bonds is 11. The minimum Gasteiger partial charge on any atom is -0.493 e. The molecule has 9 N–H and O–H groups in total. The van der Waals surface area contributed by atoms with Gasteiger partial charge < -0.3 is 70.2 Å². The Morgan fingerprint density at radius 2 is 1.77 bits per heavy atom. The molecule has 4 aliphatic rings. The number of hydrogen-bond donors (Lipinski definition) is 7. The fourth-order valence-corrected chi connectivity index (χ4v) is 7.17. The molecule has 0 bridgehead atoms. The largest absolute Gasteiger partial charge is 0.493 e. The van der Waals surface area contributed by atoms with E-state index in [0.717, 1.165) is 36.8 Å². The number of carboxylic acid groups (broad SMARTS) is 1.